The lowest BCUT2D eigenvalue weighted by Gasteiger charge is -2.30. The Bertz CT molecular complexity index is 521. The van der Waals surface area contributed by atoms with Gasteiger partial charge in [0, 0.05) is 28.9 Å². The highest BCUT2D eigenvalue weighted by Gasteiger charge is 2.22. The van der Waals surface area contributed by atoms with Gasteiger partial charge in [-0.05, 0) is 49.9 Å². The summed E-state index contributed by atoms with van der Waals surface area (Å²) in [5.74, 6) is 0. The summed E-state index contributed by atoms with van der Waals surface area (Å²) in [7, 11) is 0. The van der Waals surface area contributed by atoms with Crippen molar-refractivity contribution in [3.63, 3.8) is 0 Å². The van der Waals surface area contributed by atoms with Crippen LogP contribution in [0.15, 0.2) is 23.1 Å². The van der Waals surface area contributed by atoms with Gasteiger partial charge >= 0.3 is 6.03 Å². The molecule has 1 aromatic carbocycles. The van der Waals surface area contributed by atoms with Crippen molar-refractivity contribution in [3.8, 4) is 0 Å². The number of piperidine rings is 1. The van der Waals surface area contributed by atoms with Gasteiger partial charge in [0.15, 0.2) is 0 Å². The summed E-state index contributed by atoms with van der Waals surface area (Å²) in [5.41, 5.74) is 1.91. The van der Waals surface area contributed by atoms with Gasteiger partial charge in [-0.15, -0.1) is 11.8 Å². The van der Waals surface area contributed by atoms with Gasteiger partial charge in [-0.3, -0.25) is 0 Å². The molecule has 1 heterocycles. The van der Waals surface area contributed by atoms with E-state index in [-0.39, 0.29) is 6.03 Å². The molecule has 2 atom stereocenters. The number of aryl methyl sites for hydroxylation is 1. The number of aliphatic hydroxyl groups excluding tert-OH is 1. The summed E-state index contributed by atoms with van der Waals surface area (Å²) in [5, 5.41) is 13.2. The summed E-state index contributed by atoms with van der Waals surface area (Å²) in [6.07, 6.45) is 2.39. The van der Waals surface area contributed by atoms with Crippen molar-refractivity contribution < 1.29 is 9.90 Å². The van der Waals surface area contributed by atoms with E-state index in [1.807, 2.05) is 24.8 Å². The van der Waals surface area contributed by atoms with Crippen LogP contribution in [0.4, 0.5) is 10.5 Å². The topological polar surface area (TPSA) is 52.6 Å². The molecule has 22 heavy (non-hydrogen) atoms. The van der Waals surface area contributed by atoms with Gasteiger partial charge in [-0.2, -0.15) is 0 Å². The number of β-amino-alcohol motifs (C(OH)–C–C–N with tert-alkyl or cyclic N) is 1. The van der Waals surface area contributed by atoms with Crippen molar-refractivity contribution in [1.82, 2.24) is 4.90 Å². The average Bonchev–Trinajstić information content (AvgIpc) is 2.49. The van der Waals surface area contributed by atoms with Crippen LogP contribution in [0, 0.1) is 6.92 Å². The normalized spacial score (nSPS) is 19.8. The zero-order valence-electron chi connectivity index (χ0n) is 13.6. The maximum atomic E-state index is 12.3. The minimum atomic E-state index is -0.394. The third kappa shape index (κ3) is 4.65. The third-order valence-corrected chi connectivity index (χ3v) is 5.30. The van der Waals surface area contributed by atoms with Crippen LogP contribution in [-0.2, 0) is 0 Å². The van der Waals surface area contributed by atoms with Crippen molar-refractivity contribution in [2.45, 2.75) is 56.3 Å². The number of thioether (sulfide) groups is 1. The smallest absolute Gasteiger partial charge is 0.321 e. The molecule has 0 spiro atoms. The summed E-state index contributed by atoms with van der Waals surface area (Å²) in [4.78, 5) is 15.2. The minimum absolute atomic E-state index is 0.121. The van der Waals surface area contributed by atoms with Crippen molar-refractivity contribution in [2.75, 3.05) is 18.4 Å². The van der Waals surface area contributed by atoms with E-state index in [1.54, 1.807) is 4.90 Å². The zero-order valence-corrected chi connectivity index (χ0v) is 14.4. The molecule has 2 rings (SSSR count). The molecule has 1 aromatic rings. The number of nitrogens with zero attached hydrogens (tertiary/aromatic N) is 1. The molecular formula is C17H26N2O2S. The summed E-state index contributed by atoms with van der Waals surface area (Å²) in [6, 6.07) is 6.03. The quantitative estimate of drug-likeness (QED) is 0.827. The van der Waals surface area contributed by atoms with Gasteiger partial charge in [0.25, 0.3) is 0 Å². The van der Waals surface area contributed by atoms with Gasteiger partial charge in [-0.25, -0.2) is 4.79 Å². The highest BCUT2D eigenvalue weighted by molar-refractivity contribution is 7.99. The van der Waals surface area contributed by atoms with Crippen molar-refractivity contribution >= 4 is 23.5 Å². The maximum Gasteiger partial charge on any atom is 0.321 e. The second-order valence-corrected chi connectivity index (χ2v) is 7.50. The lowest BCUT2D eigenvalue weighted by atomic mass is 10.1. The fourth-order valence-electron chi connectivity index (χ4n) is 2.50. The van der Waals surface area contributed by atoms with Gasteiger partial charge < -0.3 is 15.3 Å². The number of rotatable bonds is 4. The third-order valence-electron chi connectivity index (χ3n) is 4.04. The molecule has 2 amide bonds. The number of likely N-dealkylation sites (tertiary alicyclic amines) is 1. The van der Waals surface area contributed by atoms with E-state index in [0.29, 0.717) is 18.3 Å². The van der Waals surface area contributed by atoms with Crippen LogP contribution < -0.4 is 5.32 Å². The number of amides is 2. The van der Waals surface area contributed by atoms with E-state index in [2.05, 4.69) is 31.3 Å². The van der Waals surface area contributed by atoms with Crippen molar-refractivity contribution in [3.05, 3.63) is 23.8 Å². The molecule has 1 fully saturated rings. The number of hydrogen-bond acceptors (Lipinski definition) is 3. The Balaban J connectivity index is 1.99. The highest BCUT2D eigenvalue weighted by atomic mass is 32.2. The molecule has 0 radical (unpaired) electrons. The van der Waals surface area contributed by atoms with E-state index in [1.165, 1.54) is 4.90 Å². The molecule has 0 unspecified atom stereocenters. The molecule has 0 bridgehead atoms. The van der Waals surface area contributed by atoms with Gasteiger partial charge in [0.1, 0.15) is 0 Å². The van der Waals surface area contributed by atoms with Crippen molar-refractivity contribution in [1.29, 1.82) is 0 Å². The maximum absolute atomic E-state index is 12.3. The van der Waals surface area contributed by atoms with Crippen LogP contribution in [0.1, 0.15) is 38.7 Å². The van der Waals surface area contributed by atoms with E-state index in [9.17, 15) is 9.90 Å². The van der Waals surface area contributed by atoms with Crippen LogP contribution in [0.5, 0.6) is 0 Å². The molecule has 1 aliphatic rings. The number of benzene rings is 1. The molecule has 2 N–H and O–H groups in total. The molecule has 0 saturated carbocycles. The SMILES string of the molecule is CC[C@H](C)Sc1ccc(NC(=O)N2CCC[C@@H](O)C2)c(C)c1. The average molecular weight is 322 g/mol. The molecule has 0 aromatic heterocycles. The van der Waals surface area contributed by atoms with Gasteiger partial charge in [0.2, 0.25) is 0 Å². The second kappa shape index (κ2) is 7.88. The summed E-state index contributed by atoms with van der Waals surface area (Å²) in [6.45, 7) is 7.56. The largest absolute Gasteiger partial charge is 0.391 e. The number of carbonyl (C=O) groups excluding carboxylic acids is 1. The van der Waals surface area contributed by atoms with Crippen LogP contribution >= 0.6 is 11.8 Å². The number of nitrogens with one attached hydrogen (secondary N) is 1. The first-order valence-electron chi connectivity index (χ1n) is 8.01. The van der Waals surface area contributed by atoms with Gasteiger partial charge in [-0.1, -0.05) is 13.8 Å². The Morgan fingerprint density at radius 2 is 2.32 bits per heavy atom. The number of carbonyl (C=O) groups is 1. The van der Waals surface area contributed by atoms with Crippen LogP contribution in [0.25, 0.3) is 0 Å². The summed E-state index contributed by atoms with van der Waals surface area (Å²) >= 11 is 1.86. The second-order valence-electron chi connectivity index (χ2n) is 5.99. The predicted octanol–water partition coefficient (Wildman–Crippen LogP) is 3.87. The molecule has 0 aliphatic carbocycles. The Hall–Kier alpha value is -1.20. The lowest BCUT2D eigenvalue weighted by molar-refractivity contribution is 0.0883. The fourth-order valence-corrected chi connectivity index (χ4v) is 3.52. The fraction of sp³-hybridized carbons (Fsp3) is 0.588. The number of aliphatic hydroxyl groups is 1. The molecule has 122 valence electrons. The van der Waals surface area contributed by atoms with E-state index >= 15 is 0 Å². The first kappa shape index (κ1) is 17.2. The Kier molecular flexibility index (Phi) is 6.15. The van der Waals surface area contributed by atoms with Crippen LogP contribution in [0.3, 0.4) is 0 Å². The predicted molar refractivity (Wildman–Crippen MR) is 92.6 cm³/mol. The standard InChI is InChI=1S/C17H26N2O2S/c1-4-13(3)22-15-7-8-16(12(2)10-15)18-17(21)19-9-5-6-14(20)11-19/h7-8,10,13-14,20H,4-6,9,11H2,1-3H3,(H,18,21)/t13-,14+/m0/s1. The highest BCUT2D eigenvalue weighted by Crippen LogP contribution is 2.28. The monoisotopic (exact) mass is 322 g/mol. The zero-order chi connectivity index (χ0) is 16.1. The first-order valence-corrected chi connectivity index (χ1v) is 8.89. The van der Waals surface area contributed by atoms with Crippen LogP contribution in [-0.4, -0.2) is 40.5 Å². The molecule has 1 aliphatic heterocycles. The lowest BCUT2D eigenvalue weighted by Crippen LogP contribution is -2.44. The van der Waals surface area contributed by atoms with Crippen molar-refractivity contribution in [2.24, 2.45) is 0 Å². The Morgan fingerprint density at radius 1 is 1.55 bits per heavy atom. The minimum Gasteiger partial charge on any atom is -0.391 e. The number of urea groups is 1. The van der Waals surface area contributed by atoms with Gasteiger partial charge in [0.05, 0.1) is 6.10 Å². The summed E-state index contributed by atoms with van der Waals surface area (Å²) < 4.78 is 0. The molecular weight excluding hydrogens is 296 g/mol. The molecule has 4 nitrogen and oxygen atoms in total. The number of hydrogen-bond donors (Lipinski definition) is 2. The van der Waals surface area contributed by atoms with E-state index in [4.69, 9.17) is 0 Å². The van der Waals surface area contributed by atoms with E-state index in [0.717, 1.165) is 30.5 Å². The number of anilines is 1. The Morgan fingerprint density at radius 3 is 2.95 bits per heavy atom. The molecule has 1 saturated heterocycles. The Labute approximate surface area is 137 Å². The van der Waals surface area contributed by atoms with E-state index < -0.39 is 6.10 Å². The molecule has 5 heteroatoms. The first-order chi connectivity index (χ1) is 10.5. The van der Waals surface area contributed by atoms with Crippen LogP contribution in [0.2, 0.25) is 0 Å².